The molecule has 2 heterocycles. The molecule has 0 aliphatic carbocycles. The van der Waals surface area contributed by atoms with Crippen LogP contribution >= 0.6 is 23.2 Å². The van der Waals surface area contributed by atoms with Gasteiger partial charge in [0.2, 0.25) is 11.8 Å². The fraction of sp³-hybridized carbons (Fsp3) is 0.500. The number of hydrogen-bond acceptors (Lipinski definition) is 5. The normalized spacial score (nSPS) is 25.7. The molecule has 7 nitrogen and oxygen atoms in total. The van der Waals surface area contributed by atoms with Crippen molar-refractivity contribution in [1.29, 1.82) is 0 Å². The maximum absolute atomic E-state index is 14.9. The van der Waals surface area contributed by atoms with Crippen molar-refractivity contribution in [2.45, 2.75) is 57.2 Å². The monoisotopic (exact) mass is 585 g/mol. The third-order valence-corrected chi connectivity index (χ3v) is 7.60. The largest absolute Gasteiger partial charge is 0.394 e. The van der Waals surface area contributed by atoms with Crippen molar-refractivity contribution in [3.63, 3.8) is 0 Å². The number of hydrogen-bond donors (Lipinski definition) is 5. The molecule has 214 valence electrons. The van der Waals surface area contributed by atoms with Crippen LogP contribution in [0, 0.1) is 17.2 Å². The molecule has 1 aromatic rings. The van der Waals surface area contributed by atoms with Gasteiger partial charge in [-0.05, 0) is 47.6 Å². The Hall–Kier alpha value is -2.30. The summed E-state index contributed by atoms with van der Waals surface area (Å²) in [6.07, 6.45) is 3.95. The van der Waals surface area contributed by atoms with E-state index in [-0.39, 0.29) is 28.4 Å². The van der Waals surface area contributed by atoms with E-state index in [1.165, 1.54) is 24.3 Å². The fourth-order valence-corrected chi connectivity index (χ4v) is 5.71. The summed E-state index contributed by atoms with van der Waals surface area (Å²) in [5.74, 6) is -2.47. The molecule has 0 bridgehead atoms. The Morgan fingerprint density at radius 1 is 1.36 bits per heavy atom. The number of allylic oxidation sites excluding steroid dienone is 4. The molecule has 1 saturated heterocycles. The van der Waals surface area contributed by atoms with Crippen LogP contribution in [0.15, 0.2) is 47.5 Å². The number of aliphatic hydroxyl groups is 2. The summed E-state index contributed by atoms with van der Waals surface area (Å²) in [6, 6.07) is 1.00. The lowest BCUT2D eigenvalue weighted by Gasteiger charge is -2.37. The molecule has 0 unspecified atom stereocenters. The highest BCUT2D eigenvalue weighted by Gasteiger charge is 2.65. The average molecular weight is 587 g/mol. The lowest BCUT2D eigenvalue weighted by Crippen LogP contribution is -2.50. The third kappa shape index (κ3) is 6.55. The molecule has 1 spiro atoms. The Labute approximate surface area is 237 Å². The van der Waals surface area contributed by atoms with Crippen molar-refractivity contribution in [2.75, 3.05) is 25.1 Å². The van der Waals surface area contributed by atoms with Crippen LogP contribution in [0.3, 0.4) is 0 Å². The molecule has 11 heteroatoms. The zero-order valence-electron chi connectivity index (χ0n) is 22.2. The molecule has 0 saturated carbocycles. The highest BCUT2D eigenvalue weighted by atomic mass is 35.5. The lowest BCUT2D eigenvalue weighted by atomic mass is 9.62. The minimum atomic E-state index is -1.43. The number of benzene rings is 1. The van der Waals surface area contributed by atoms with Gasteiger partial charge in [-0.3, -0.25) is 9.59 Å². The minimum Gasteiger partial charge on any atom is -0.394 e. The van der Waals surface area contributed by atoms with Gasteiger partial charge in [-0.2, -0.15) is 0 Å². The first-order valence-electron chi connectivity index (χ1n) is 12.7. The van der Waals surface area contributed by atoms with E-state index in [1.807, 2.05) is 20.8 Å². The summed E-state index contributed by atoms with van der Waals surface area (Å²) < 4.78 is 27.7. The van der Waals surface area contributed by atoms with E-state index in [9.17, 15) is 23.5 Å². The average Bonchev–Trinajstić information content (AvgIpc) is 3.33. The van der Waals surface area contributed by atoms with Gasteiger partial charge in [0.25, 0.3) is 0 Å². The molecular formula is C28H35Cl2F2N3O4. The van der Waals surface area contributed by atoms with E-state index in [4.69, 9.17) is 28.3 Å². The van der Waals surface area contributed by atoms with E-state index in [0.29, 0.717) is 23.2 Å². The second kappa shape index (κ2) is 12.5. The van der Waals surface area contributed by atoms with E-state index in [1.54, 1.807) is 6.08 Å². The first-order valence-corrected chi connectivity index (χ1v) is 13.4. The molecule has 2 amide bonds. The summed E-state index contributed by atoms with van der Waals surface area (Å²) in [5.41, 5.74) is -0.655. The van der Waals surface area contributed by atoms with Crippen molar-refractivity contribution < 1.29 is 28.6 Å². The molecular weight excluding hydrogens is 551 g/mol. The number of aliphatic hydroxyl groups excluding tert-OH is 2. The van der Waals surface area contributed by atoms with Gasteiger partial charge in [0.05, 0.1) is 23.8 Å². The van der Waals surface area contributed by atoms with E-state index >= 15 is 0 Å². The summed E-state index contributed by atoms with van der Waals surface area (Å²) in [7, 11) is 0. The van der Waals surface area contributed by atoms with Crippen LogP contribution < -0.4 is 16.0 Å². The number of carbonyl (C=O) groups is 2. The summed E-state index contributed by atoms with van der Waals surface area (Å²) in [5, 5.41) is 27.5. The molecule has 3 rings (SSSR count). The number of rotatable bonds is 10. The molecule has 1 aromatic carbocycles. The van der Waals surface area contributed by atoms with Crippen LogP contribution in [0.25, 0.3) is 0 Å². The zero-order valence-corrected chi connectivity index (χ0v) is 23.7. The molecule has 5 atom stereocenters. The number of carbonyl (C=O) groups excluding carboxylic acids is 2. The fourth-order valence-electron chi connectivity index (χ4n) is 5.47. The van der Waals surface area contributed by atoms with Gasteiger partial charge >= 0.3 is 0 Å². The molecule has 2 aliphatic rings. The van der Waals surface area contributed by atoms with Gasteiger partial charge in [0, 0.05) is 29.2 Å². The van der Waals surface area contributed by atoms with Crippen molar-refractivity contribution in [2.24, 2.45) is 11.3 Å². The number of fused-ring (bicyclic) bond motifs is 2. The van der Waals surface area contributed by atoms with Gasteiger partial charge in [0.1, 0.15) is 17.9 Å². The molecule has 39 heavy (non-hydrogen) atoms. The van der Waals surface area contributed by atoms with E-state index < -0.39 is 60.4 Å². The van der Waals surface area contributed by atoms with Crippen LogP contribution in [-0.4, -0.2) is 60.0 Å². The Balaban J connectivity index is 2.17. The number of amides is 2. The first-order chi connectivity index (χ1) is 18.3. The predicted octanol–water partition coefficient (Wildman–Crippen LogP) is 4.13. The SMILES string of the molecule is C=C(/C=C\C=C(\Cl)CF)[C@H]1[C@H](C(=O)NCC[C@@H](O)CO)N[C@H](CC(C)(C)C)[C@]12C(=O)Nc1cc(Cl)c(F)cc12. The molecule has 2 aliphatic heterocycles. The van der Waals surface area contributed by atoms with Gasteiger partial charge < -0.3 is 26.2 Å². The molecule has 0 radical (unpaired) electrons. The molecule has 1 fully saturated rings. The van der Waals surface area contributed by atoms with Gasteiger partial charge in [-0.15, -0.1) is 0 Å². The Bertz CT molecular complexity index is 1180. The number of anilines is 1. The topological polar surface area (TPSA) is 111 Å². The van der Waals surface area contributed by atoms with Crippen molar-refractivity contribution in [3.8, 4) is 0 Å². The summed E-state index contributed by atoms with van der Waals surface area (Å²) >= 11 is 11.8. The highest BCUT2D eigenvalue weighted by Crippen LogP contribution is 2.55. The van der Waals surface area contributed by atoms with Crippen molar-refractivity contribution in [1.82, 2.24) is 10.6 Å². The van der Waals surface area contributed by atoms with Gasteiger partial charge in [0.15, 0.2) is 0 Å². The quantitative estimate of drug-likeness (QED) is 0.265. The third-order valence-electron chi connectivity index (χ3n) is 7.09. The standard InChI is InChI=1S/C28H35Cl2F2N3O4/c1-15(6-5-7-16(29)13-31)23-24(25(38)33-9-8-17(37)14-36)35-22(12-27(2,3)4)28(23)18-10-20(32)19(30)11-21(18)34-26(28)39/h5-7,10-11,17,22-24,35-37H,1,8-9,12-14H2,2-4H3,(H,33,38)(H,34,39)/b6-5-,16-7+/t17-,22-,23+,24-,28+/m1/s1. The van der Waals surface area contributed by atoms with Crippen LogP contribution in [-0.2, 0) is 15.0 Å². The van der Waals surface area contributed by atoms with Gasteiger partial charge in [-0.25, -0.2) is 8.78 Å². The first kappa shape index (κ1) is 31.2. The summed E-state index contributed by atoms with van der Waals surface area (Å²) in [6.45, 7) is 8.92. The second-order valence-corrected chi connectivity index (χ2v) is 12.1. The maximum Gasteiger partial charge on any atom is 0.237 e. The van der Waals surface area contributed by atoms with E-state index in [0.717, 1.165) is 0 Å². The van der Waals surface area contributed by atoms with Crippen LogP contribution in [0.4, 0.5) is 14.5 Å². The second-order valence-electron chi connectivity index (χ2n) is 11.2. The number of halogens is 4. The van der Waals surface area contributed by atoms with Gasteiger partial charge in [-0.1, -0.05) is 62.7 Å². The smallest absolute Gasteiger partial charge is 0.237 e. The predicted molar refractivity (Wildman–Crippen MR) is 149 cm³/mol. The lowest BCUT2D eigenvalue weighted by molar-refractivity contribution is -0.124. The zero-order chi connectivity index (χ0) is 29.1. The molecule has 5 N–H and O–H groups in total. The highest BCUT2D eigenvalue weighted by molar-refractivity contribution is 6.31. The molecule has 0 aromatic heterocycles. The number of nitrogens with one attached hydrogen (secondary N) is 3. The Morgan fingerprint density at radius 3 is 2.67 bits per heavy atom. The van der Waals surface area contributed by atoms with Crippen LogP contribution in [0.1, 0.15) is 39.2 Å². The Kier molecular flexibility index (Phi) is 9.99. The minimum absolute atomic E-state index is 0.0404. The van der Waals surface area contributed by atoms with Crippen molar-refractivity contribution >= 4 is 40.7 Å². The van der Waals surface area contributed by atoms with Crippen molar-refractivity contribution in [3.05, 3.63) is 63.9 Å². The van der Waals surface area contributed by atoms with Crippen LogP contribution in [0.2, 0.25) is 5.02 Å². The Morgan fingerprint density at radius 2 is 2.05 bits per heavy atom. The maximum atomic E-state index is 14.9. The number of alkyl halides is 1. The van der Waals surface area contributed by atoms with Crippen LogP contribution in [0.5, 0.6) is 0 Å². The van der Waals surface area contributed by atoms with E-state index in [2.05, 4.69) is 22.5 Å². The summed E-state index contributed by atoms with van der Waals surface area (Å²) in [4.78, 5) is 27.5.